The van der Waals surface area contributed by atoms with E-state index in [1.54, 1.807) is 19.1 Å². The average Bonchev–Trinajstić information content (AvgIpc) is 2.43. The van der Waals surface area contributed by atoms with Crippen LogP contribution in [0.3, 0.4) is 0 Å². The summed E-state index contributed by atoms with van der Waals surface area (Å²) in [6.07, 6.45) is 0. The number of nitro benzene ring substituents is 1. The first-order valence-electron chi connectivity index (χ1n) is 5.71. The SMILES string of the molecule is Cc1cc(OC(=O)c2ccccc2[N+](=O)[O-])ccc1Cl. The molecule has 0 aromatic heterocycles. The van der Waals surface area contributed by atoms with Crippen LogP contribution in [0.4, 0.5) is 5.69 Å². The van der Waals surface area contributed by atoms with Crippen molar-refractivity contribution < 1.29 is 14.5 Å². The van der Waals surface area contributed by atoms with Crippen LogP contribution in [0.1, 0.15) is 15.9 Å². The Balaban J connectivity index is 2.28. The Labute approximate surface area is 119 Å². The highest BCUT2D eigenvalue weighted by atomic mass is 35.5. The van der Waals surface area contributed by atoms with E-state index in [-0.39, 0.29) is 17.0 Å². The van der Waals surface area contributed by atoms with Gasteiger partial charge >= 0.3 is 5.97 Å². The van der Waals surface area contributed by atoms with Gasteiger partial charge < -0.3 is 4.74 Å². The summed E-state index contributed by atoms with van der Waals surface area (Å²) in [4.78, 5) is 22.2. The van der Waals surface area contributed by atoms with E-state index in [1.165, 1.54) is 30.3 Å². The Bertz CT molecular complexity index is 685. The summed E-state index contributed by atoms with van der Waals surface area (Å²) >= 11 is 5.87. The van der Waals surface area contributed by atoms with E-state index in [9.17, 15) is 14.9 Å². The number of carbonyl (C=O) groups excluding carboxylic acids is 1. The fourth-order valence-corrected chi connectivity index (χ4v) is 1.77. The van der Waals surface area contributed by atoms with Gasteiger partial charge in [0.1, 0.15) is 11.3 Å². The molecule has 0 aliphatic rings. The van der Waals surface area contributed by atoms with Crippen LogP contribution in [0.2, 0.25) is 5.02 Å². The Morgan fingerprint density at radius 2 is 1.95 bits per heavy atom. The number of nitro groups is 1. The standard InChI is InChI=1S/C14H10ClNO4/c1-9-8-10(6-7-12(9)15)20-14(17)11-4-2-3-5-13(11)16(18)19/h2-8H,1H3. The summed E-state index contributed by atoms with van der Waals surface area (Å²) in [5, 5.41) is 11.4. The third-order valence-electron chi connectivity index (χ3n) is 2.66. The molecule has 0 aliphatic carbocycles. The Hall–Kier alpha value is -2.40. The third kappa shape index (κ3) is 2.95. The second-order valence-corrected chi connectivity index (χ2v) is 4.48. The number of aryl methyl sites for hydroxylation is 1. The molecular weight excluding hydrogens is 282 g/mol. The number of para-hydroxylation sites is 1. The van der Waals surface area contributed by atoms with Crippen molar-refractivity contribution in [2.75, 3.05) is 0 Å². The van der Waals surface area contributed by atoms with Crippen LogP contribution in [0.5, 0.6) is 5.75 Å². The number of carbonyl (C=O) groups is 1. The molecular formula is C14H10ClNO4. The maximum atomic E-state index is 12.0. The van der Waals surface area contributed by atoms with E-state index >= 15 is 0 Å². The van der Waals surface area contributed by atoms with Crippen LogP contribution < -0.4 is 4.74 Å². The largest absolute Gasteiger partial charge is 0.423 e. The highest BCUT2D eigenvalue weighted by molar-refractivity contribution is 6.31. The molecule has 0 amide bonds. The van der Waals surface area contributed by atoms with Crippen molar-refractivity contribution in [1.82, 2.24) is 0 Å². The zero-order chi connectivity index (χ0) is 14.7. The normalized spacial score (nSPS) is 10.1. The smallest absolute Gasteiger partial charge is 0.350 e. The number of benzene rings is 2. The van der Waals surface area contributed by atoms with Gasteiger partial charge in [-0.1, -0.05) is 23.7 Å². The van der Waals surface area contributed by atoms with Crippen LogP contribution in [0.15, 0.2) is 42.5 Å². The van der Waals surface area contributed by atoms with Gasteiger partial charge in [0.15, 0.2) is 0 Å². The number of nitrogens with zero attached hydrogens (tertiary/aromatic N) is 1. The van der Waals surface area contributed by atoms with Gasteiger partial charge in [-0.25, -0.2) is 4.79 Å². The molecule has 2 aromatic carbocycles. The summed E-state index contributed by atoms with van der Waals surface area (Å²) in [5.41, 5.74) is 0.368. The van der Waals surface area contributed by atoms with Gasteiger partial charge in [-0.3, -0.25) is 10.1 Å². The van der Waals surface area contributed by atoms with Gasteiger partial charge in [0.05, 0.1) is 4.92 Å². The van der Waals surface area contributed by atoms with Gasteiger partial charge in [0, 0.05) is 11.1 Å². The molecule has 0 aliphatic heterocycles. The van der Waals surface area contributed by atoms with Gasteiger partial charge in [0.25, 0.3) is 5.69 Å². The molecule has 0 saturated heterocycles. The molecule has 0 atom stereocenters. The maximum absolute atomic E-state index is 12.0. The van der Waals surface area contributed by atoms with E-state index in [0.29, 0.717) is 5.02 Å². The lowest BCUT2D eigenvalue weighted by atomic mass is 10.2. The Morgan fingerprint density at radius 3 is 2.60 bits per heavy atom. The average molecular weight is 292 g/mol. The minimum absolute atomic E-state index is 0.0925. The van der Waals surface area contributed by atoms with Crippen LogP contribution in [0, 0.1) is 17.0 Å². The summed E-state index contributed by atoms with van der Waals surface area (Å²) in [5.74, 6) is -0.492. The minimum atomic E-state index is -0.779. The molecule has 0 bridgehead atoms. The summed E-state index contributed by atoms with van der Waals surface area (Å²) < 4.78 is 5.13. The van der Waals surface area contributed by atoms with Gasteiger partial charge in [-0.05, 0) is 36.8 Å². The van der Waals surface area contributed by atoms with Crippen LogP contribution in [-0.2, 0) is 0 Å². The van der Waals surface area contributed by atoms with Gasteiger partial charge in [0.2, 0.25) is 0 Å². The molecule has 2 aromatic rings. The van der Waals surface area contributed by atoms with Crippen LogP contribution >= 0.6 is 11.6 Å². The molecule has 0 spiro atoms. The van der Waals surface area contributed by atoms with Crippen molar-refractivity contribution in [3.8, 4) is 5.75 Å². The number of ether oxygens (including phenoxy) is 1. The predicted octanol–water partition coefficient (Wildman–Crippen LogP) is 3.78. The molecule has 102 valence electrons. The van der Waals surface area contributed by atoms with E-state index in [0.717, 1.165) is 5.56 Å². The van der Waals surface area contributed by atoms with E-state index in [4.69, 9.17) is 16.3 Å². The lowest BCUT2D eigenvalue weighted by molar-refractivity contribution is -0.385. The highest BCUT2D eigenvalue weighted by Gasteiger charge is 2.21. The van der Waals surface area contributed by atoms with Gasteiger partial charge in [-0.2, -0.15) is 0 Å². The first-order valence-corrected chi connectivity index (χ1v) is 6.08. The number of hydrogen-bond acceptors (Lipinski definition) is 4. The summed E-state index contributed by atoms with van der Waals surface area (Å²) in [6.45, 7) is 1.77. The number of halogens is 1. The number of esters is 1. The predicted molar refractivity (Wildman–Crippen MR) is 74.2 cm³/mol. The quantitative estimate of drug-likeness (QED) is 0.373. The second-order valence-electron chi connectivity index (χ2n) is 4.07. The van der Waals surface area contributed by atoms with Crippen LogP contribution in [0.25, 0.3) is 0 Å². The molecule has 0 fully saturated rings. The molecule has 0 radical (unpaired) electrons. The van der Waals surface area contributed by atoms with Crippen molar-refractivity contribution in [2.45, 2.75) is 6.92 Å². The van der Waals surface area contributed by atoms with Crippen molar-refractivity contribution in [2.24, 2.45) is 0 Å². The molecule has 0 heterocycles. The minimum Gasteiger partial charge on any atom is -0.423 e. The Kier molecular flexibility index (Phi) is 4.00. The molecule has 0 saturated carbocycles. The van der Waals surface area contributed by atoms with Crippen molar-refractivity contribution in [3.63, 3.8) is 0 Å². The molecule has 20 heavy (non-hydrogen) atoms. The van der Waals surface area contributed by atoms with E-state index in [2.05, 4.69) is 0 Å². The summed E-state index contributed by atoms with van der Waals surface area (Å²) in [6, 6.07) is 10.3. The molecule has 2 rings (SSSR count). The van der Waals surface area contributed by atoms with Crippen LogP contribution in [-0.4, -0.2) is 10.9 Å². The van der Waals surface area contributed by atoms with Crippen molar-refractivity contribution in [3.05, 3.63) is 68.7 Å². The lowest BCUT2D eigenvalue weighted by Crippen LogP contribution is -2.11. The fraction of sp³-hybridized carbons (Fsp3) is 0.0714. The Morgan fingerprint density at radius 1 is 1.25 bits per heavy atom. The second kappa shape index (κ2) is 5.71. The molecule has 6 heteroatoms. The van der Waals surface area contributed by atoms with Gasteiger partial charge in [-0.15, -0.1) is 0 Å². The zero-order valence-corrected chi connectivity index (χ0v) is 11.3. The van der Waals surface area contributed by atoms with E-state index in [1.807, 2.05) is 0 Å². The molecule has 0 N–H and O–H groups in total. The number of rotatable bonds is 3. The van der Waals surface area contributed by atoms with E-state index < -0.39 is 10.9 Å². The maximum Gasteiger partial charge on any atom is 0.350 e. The number of hydrogen-bond donors (Lipinski definition) is 0. The first kappa shape index (κ1) is 14.0. The topological polar surface area (TPSA) is 69.4 Å². The lowest BCUT2D eigenvalue weighted by Gasteiger charge is -2.06. The molecule has 5 nitrogen and oxygen atoms in total. The summed E-state index contributed by atoms with van der Waals surface area (Å²) in [7, 11) is 0. The third-order valence-corrected chi connectivity index (χ3v) is 3.08. The van der Waals surface area contributed by atoms with Crippen molar-refractivity contribution in [1.29, 1.82) is 0 Å². The first-order chi connectivity index (χ1) is 9.49. The zero-order valence-electron chi connectivity index (χ0n) is 10.5. The highest BCUT2D eigenvalue weighted by Crippen LogP contribution is 2.24. The fourth-order valence-electron chi connectivity index (χ4n) is 1.65. The monoisotopic (exact) mass is 291 g/mol. The van der Waals surface area contributed by atoms with Crippen molar-refractivity contribution >= 4 is 23.3 Å². The molecule has 0 unspecified atom stereocenters.